The Labute approximate surface area is 180 Å². The molecule has 156 valence electrons. The van der Waals surface area contributed by atoms with Crippen molar-refractivity contribution in [1.29, 1.82) is 0 Å². The summed E-state index contributed by atoms with van der Waals surface area (Å²) in [6.07, 6.45) is 5.72. The summed E-state index contributed by atoms with van der Waals surface area (Å²) in [5.41, 5.74) is 1.47. The van der Waals surface area contributed by atoms with E-state index in [-0.39, 0.29) is 23.7 Å². The largest absolute Gasteiger partial charge is 0.504 e. The highest BCUT2D eigenvalue weighted by Gasteiger charge is 2.05. The van der Waals surface area contributed by atoms with E-state index in [1.165, 1.54) is 25.3 Å². The van der Waals surface area contributed by atoms with Crippen LogP contribution in [-0.4, -0.2) is 23.8 Å². The highest BCUT2D eigenvalue weighted by molar-refractivity contribution is 6.10. The fourth-order valence-corrected chi connectivity index (χ4v) is 2.77. The average molecular weight is 414 g/mol. The Bertz CT molecular complexity index is 1110. The van der Waals surface area contributed by atoms with E-state index in [2.05, 4.69) is 0 Å². The number of phenols is 1. The van der Waals surface area contributed by atoms with Crippen molar-refractivity contribution in [3.63, 3.8) is 0 Å². The van der Waals surface area contributed by atoms with Crippen molar-refractivity contribution in [1.82, 2.24) is 0 Å². The van der Waals surface area contributed by atoms with Crippen LogP contribution >= 0.6 is 0 Å². The second-order valence-electron chi connectivity index (χ2n) is 6.69. The van der Waals surface area contributed by atoms with Crippen LogP contribution in [-0.2, 0) is 9.59 Å². The van der Waals surface area contributed by atoms with Crippen LogP contribution in [0.2, 0.25) is 0 Å². The Morgan fingerprint density at radius 2 is 1.45 bits per heavy atom. The molecule has 31 heavy (non-hydrogen) atoms. The SMILES string of the molecule is COc1cc(C=CC(=O)CC(=O)C=Cc2cccc(Oc3ccccc3)c2)ccc1O. The Morgan fingerprint density at radius 1 is 0.806 bits per heavy atom. The van der Waals surface area contributed by atoms with Crippen molar-refractivity contribution in [3.05, 3.63) is 96.1 Å². The number of allylic oxidation sites excluding steroid dienone is 2. The first kappa shape index (κ1) is 21.6. The van der Waals surface area contributed by atoms with Crippen LogP contribution in [0, 0.1) is 0 Å². The van der Waals surface area contributed by atoms with Crippen LogP contribution in [0.15, 0.2) is 84.9 Å². The predicted octanol–water partition coefficient (Wildman–Crippen LogP) is 5.45. The van der Waals surface area contributed by atoms with Gasteiger partial charge in [0.2, 0.25) is 0 Å². The van der Waals surface area contributed by atoms with Gasteiger partial charge in [0, 0.05) is 0 Å². The van der Waals surface area contributed by atoms with Gasteiger partial charge in [-0.15, -0.1) is 0 Å². The molecule has 5 heteroatoms. The average Bonchev–Trinajstić information content (AvgIpc) is 2.78. The van der Waals surface area contributed by atoms with E-state index in [1.807, 2.05) is 54.6 Å². The maximum Gasteiger partial charge on any atom is 0.163 e. The Balaban J connectivity index is 1.56. The number of ketones is 2. The molecule has 0 amide bonds. The molecule has 0 atom stereocenters. The van der Waals surface area contributed by atoms with Gasteiger partial charge in [-0.1, -0.05) is 48.6 Å². The third-order valence-corrected chi connectivity index (χ3v) is 4.31. The molecule has 0 unspecified atom stereocenters. The number of aromatic hydroxyl groups is 1. The summed E-state index contributed by atoms with van der Waals surface area (Å²) in [5.74, 6) is 1.10. The fraction of sp³-hybridized carbons (Fsp3) is 0.0769. The van der Waals surface area contributed by atoms with Crippen LogP contribution in [0.5, 0.6) is 23.0 Å². The summed E-state index contributed by atoms with van der Waals surface area (Å²) in [6, 6.07) is 21.5. The van der Waals surface area contributed by atoms with Crippen LogP contribution in [0.4, 0.5) is 0 Å². The number of hydrogen-bond acceptors (Lipinski definition) is 5. The lowest BCUT2D eigenvalue weighted by molar-refractivity contribution is -0.121. The number of phenolic OH excluding ortho intramolecular Hbond substituents is 1. The van der Waals surface area contributed by atoms with E-state index in [1.54, 1.807) is 24.3 Å². The van der Waals surface area contributed by atoms with Gasteiger partial charge in [-0.3, -0.25) is 9.59 Å². The first-order valence-electron chi connectivity index (χ1n) is 9.65. The molecule has 0 saturated carbocycles. The van der Waals surface area contributed by atoms with Gasteiger partial charge in [0.15, 0.2) is 23.1 Å². The Hall–Kier alpha value is -4.12. The first-order chi connectivity index (χ1) is 15.0. The van der Waals surface area contributed by atoms with E-state index in [0.29, 0.717) is 17.1 Å². The van der Waals surface area contributed by atoms with Crippen molar-refractivity contribution in [3.8, 4) is 23.0 Å². The van der Waals surface area contributed by atoms with E-state index < -0.39 is 0 Å². The van der Waals surface area contributed by atoms with Gasteiger partial charge < -0.3 is 14.6 Å². The molecule has 0 radical (unpaired) electrons. The number of ether oxygens (including phenoxy) is 2. The zero-order valence-electron chi connectivity index (χ0n) is 17.0. The first-order valence-corrected chi connectivity index (χ1v) is 9.65. The molecule has 1 N–H and O–H groups in total. The van der Waals surface area contributed by atoms with Crippen LogP contribution in [0.1, 0.15) is 17.5 Å². The molecule has 0 aliphatic heterocycles. The predicted molar refractivity (Wildman–Crippen MR) is 120 cm³/mol. The van der Waals surface area contributed by atoms with E-state index in [0.717, 1.165) is 11.3 Å². The summed E-state index contributed by atoms with van der Waals surface area (Å²) in [5, 5.41) is 9.60. The molecule has 0 fully saturated rings. The van der Waals surface area contributed by atoms with Crippen molar-refractivity contribution < 1.29 is 24.2 Å². The number of methoxy groups -OCH3 is 1. The third kappa shape index (κ3) is 6.72. The van der Waals surface area contributed by atoms with E-state index in [9.17, 15) is 14.7 Å². The van der Waals surface area contributed by atoms with Crippen LogP contribution < -0.4 is 9.47 Å². The minimum Gasteiger partial charge on any atom is -0.504 e. The van der Waals surface area contributed by atoms with Gasteiger partial charge in [0.1, 0.15) is 11.5 Å². The van der Waals surface area contributed by atoms with Crippen LogP contribution in [0.3, 0.4) is 0 Å². The molecular weight excluding hydrogens is 392 g/mol. The van der Waals surface area contributed by atoms with Gasteiger partial charge >= 0.3 is 0 Å². The molecule has 3 aromatic rings. The smallest absolute Gasteiger partial charge is 0.163 e. The summed E-state index contributed by atoms with van der Waals surface area (Å²) in [6.45, 7) is 0. The zero-order chi connectivity index (χ0) is 22.1. The Morgan fingerprint density at radius 3 is 2.13 bits per heavy atom. The highest BCUT2D eigenvalue weighted by atomic mass is 16.5. The number of carbonyl (C=O) groups excluding carboxylic acids is 2. The van der Waals surface area contributed by atoms with Crippen molar-refractivity contribution in [2.75, 3.05) is 7.11 Å². The fourth-order valence-electron chi connectivity index (χ4n) is 2.77. The second kappa shape index (κ2) is 10.6. The quantitative estimate of drug-likeness (QED) is 0.372. The van der Waals surface area contributed by atoms with Crippen molar-refractivity contribution >= 4 is 23.7 Å². The molecule has 5 nitrogen and oxygen atoms in total. The van der Waals surface area contributed by atoms with Crippen LogP contribution in [0.25, 0.3) is 12.2 Å². The molecular formula is C26H22O5. The van der Waals surface area contributed by atoms with E-state index in [4.69, 9.17) is 9.47 Å². The number of para-hydroxylation sites is 1. The van der Waals surface area contributed by atoms with Gasteiger partial charge in [0.05, 0.1) is 13.5 Å². The van der Waals surface area contributed by atoms with Gasteiger partial charge in [-0.05, 0) is 59.7 Å². The maximum absolute atomic E-state index is 12.1. The Kier molecular flexibility index (Phi) is 7.38. The molecule has 0 heterocycles. The minimum absolute atomic E-state index is 0.0181. The molecule has 0 spiro atoms. The summed E-state index contributed by atoms with van der Waals surface area (Å²) < 4.78 is 10.8. The lowest BCUT2D eigenvalue weighted by Crippen LogP contribution is -2.01. The molecule has 0 aromatic heterocycles. The molecule has 0 aliphatic rings. The normalized spacial score (nSPS) is 11.0. The van der Waals surface area contributed by atoms with Crippen molar-refractivity contribution in [2.45, 2.75) is 6.42 Å². The third-order valence-electron chi connectivity index (χ3n) is 4.31. The second-order valence-corrected chi connectivity index (χ2v) is 6.69. The van der Waals surface area contributed by atoms with Gasteiger partial charge in [-0.25, -0.2) is 0 Å². The number of hydrogen-bond donors (Lipinski definition) is 1. The standard InChI is InChI=1S/C26H22O5/c1-30-26-17-20(12-15-25(26)29)11-14-22(28)18-21(27)13-10-19-6-5-9-24(16-19)31-23-7-3-2-4-8-23/h2-17,29H,18H2,1H3. The van der Waals surface area contributed by atoms with Crippen molar-refractivity contribution in [2.24, 2.45) is 0 Å². The minimum atomic E-state index is -0.317. The highest BCUT2D eigenvalue weighted by Crippen LogP contribution is 2.26. The number of rotatable bonds is 9. The molecule has 0 bridgehead atoms. The van der Waals surface area contributed by atoms with E-state index >= 15 is 0 Å². The molecule has 0 saturated heterocycles. The van der Waals surface area contributed by atoms with Gasteiger partial charge in [0.25, 0.3) is 0 Å². The number of benzene rings is 3. The number of carbonyl (C=O) groups is 2. The molecule has 3 aromatic carbocycles. The monoisotopic (exact) mass is 414 g/mol. The molecule has 0 aliphatic carbocycles. The maximum atomic E-state index is 12.1. The molecule has 3 rings (SSSR count). The summed E-state index contributed by atoms with van der Waals surface area (Å²) in [7, 11) is 1.45. The lowest BCUT2D eigenvalue weighted by Gasteiger charge is -2.05. The topological polar surface area (TPSA) is 72.8 Å². The lowest BCUT2D eigenvalue weighted by atomic mass is 10.1. The summed E-state index contributed by atoms with van der Waals surface area (Å²) in [4.78, 5) is 24.2. The summed E-state index contributed by atoms with van der Waals surface area (Å²) >= 11 is 0. The van der Waals surface area contributed by atoms with Gasteiger partial charge in [-0.2, -0.15) is 0 Å². The zero-order valence-corrected chi connectivity index (χ0v) is 17.0.